The van der Waals surface area contributed by atoms with E-state index in [1.165, 1.54) is 4.88 Å². The van der Waals surface area contributed by atoms with Gasteiger partial charge in [-0.05, 0) is 31.2 Å². The third-order valence-electron chi connectivity index (χ3n) is 2.38. The van der Waals surface area contributed by atoms with Gasteiger partial charge in [0.1, 0.15) is 0 Å². The minimum absolute atomic E-state index is 0.0263. The number of thiophene rings is 1. The average Bonchev–Trinajstić information content (AvgIpc) is 2.80. The normalized spacial score (nSPS) is 17.1. The van der Waals surface area contributed by atoms with E-state index in [2.05, 4.69) is 22.1 Å². The molecule has 2 N–H and O–H groups in total. The van der Waals surface area contributed by atoms with Gasteiger partial charge in [0.25, 0.3) is 0 Å². The van der Waals surface area contributed by atoms with Crippen LogP contribution in [0.15, 0.2) is 17.5 Å². The number of carbonyl (C=O) groups is 1. The van der Waals surface area contributed by atoms with E-state index in [-0.39, 0.29) is 12.1 Å². The van der Waals surface area contributed by atoms with Crippen LogP contribution in [0.4, 0.5) is 4.79 Å². The minimum Gasteiger partial charge on any atom is -0.335 e. The lowest BCUT2D eigenvalue weighted by molar-refractivity contribution is 0.237. The first-order valence-electron chi connectivity index (χ1n) is 5.33. The van der Waals surface area contributed by atoms with Crippen molar-refractivity contribution in [2.45, 2.75) is 38.3 Å². The van der Waals surface area contributed by atoms with Gasteiger partial charge in [-0.2, -0.15) is 0 Å². The van der Waals surface area contributed by atoms with Crippen molar-refractivity contribution in [1.82, 2.24) is 10.6 Å². The summed E-state index contributed by atoms with van der Waals surface area (Å²) >= 11 is 1.73. The number of hydrogen-bond donors (Lipinski definition) is 2. The Bertz CT molecular complexity index is 319. The molecule has 0 radical (unpaired) electrons. The molecule has 0 bridgehead atoms. The van der Waals surface area contributed by atoms with Gasteiger partial charge in [0.2, 0.25) is 0 Å². The second-order valence-corrected chi connectivity index (χ2v) is 5.11. The molecule has 1 aliphatic rings. The fraction of sp³-hybridized carbons (Fsp3) is 0.545. The van der Waals surface area contributed by atoms with Crippen LogP contribution in [0.3, 0.4) is 0 Å². The first kappa shape index (κ1) is 10.5. The Morgan fingerprint density at radius 3 is 3.07 bits per heavy atom. The fourth-order valence-electron chi connectivity index (χ4n) is 1.46. The zero-order valence-corrected chi connectivity index (χ0v) is 9.64. The van der Waals surface area contributed by atoms with E-state index in [0.717, 1.165) is 19.3 Å². The van der Waals surface area contributed by atoms with Crippen molar-refractivity contribution < 1.29 is 4.79 Å². The topological polar surface area (TPSA) is 41.1 Å². The number of rotatable bonds is 4. The van der Waals surface area contributed by atoms with Crippen molar-refractivity contribution in [2.75, 3.05) is 0 Å². The Morgan fingerprint density at radius 1 is 1.67 bits per heavy atom. The average molecular weight is 224 g/mol. The van der Waals surface area contributed by atoms with E-state index in [1.807, 2.05) is 13.0 Å². The fourth-order valence-corrected chi connectivity index (χ4v) is 2.30. The molecule has 0 spiro atoms. The SMILES string of the molecule is CC(Cc1cccs1)NC(=O)NC1CC1. The highest BCUT2D eigenvalue weighted by Gasteiger charge is 2.23. The van der Waals surface area contributed by atoms with Crippen molar-refractivity contribution in [3.8, 4) is 0 Å². The van der Waals surface area contributed by atoms with Gasteiger partial charge in [0.05, 0.1) is 0 Å². The van der Waals surface area contributed by atoms with Gasteiger partial charge in [-0.25, -0.2) is 4.79 Å². The Hall–Kier alpha value is -1.03. The van der Waals surface area contributed by atoms with Gasteiger partial charge in [-0.3, -0.25) is 0 Å². The Kier molecular flexibility index (Phi) is 3.26. The maximum Gasteiger partial charge on any atom is 0.315 e. The summed E-state index contributed by atoms with van der Waals surface area (Å²) in [7, 11) is 0. The lowest BCUT2D eigenvalue weighted by Crippen LogP contribution is -2.42. The summed E-state index contributed by atoms with van der Waals surface area (Å²) in [6, 6.07) is 4.74. The summed E-state index contributed by atoms with van der Waals surface area (Å²) in [5.74, 6) is 0. The zero-order chi connectivity index (χ0) is 10.7. The Morgan fingerprint density at radius 2 is 2.47 bits per heavy atom. The number of urea groups is 1. The van der Waals surface area contributed by atoms with Crippen LogP contribution in [0.5, 0.6) is 0 Å². The summed E-state index contributed by atoms with van der Waals surface area (Å²) in [5, 5.41) is 7.93. The molecule has 1 saturated carbocycles. The number of carbonyl (C=O) groups excluding carboxylic acids is 1. The van der Waals surface area contributed by atoms with Crippen molar-refractivity contribution in [3.05, 3.63) is 22.4 Å². The van der Waals surface area contributed by atoms with Crippen molar-refractivity contribution in [1.29, 1.82) is 0 Å². The van der Waals surface area contributed by atoms with Crippen LogP contribution < -0.4 is 10.6 Å². The smallest absolute Gasteiger partial charge is 0.315 e. The molecule has 1 aliphatic carbocycles. The van der Waals surface area contributed by atoms with Gasteiger partial charge in [-0.1, -0.05) is 6.07 Å². The quantitative estimate of drug-likeness (QED) is 0.808. The van der Waals surface area contributed by atoms with E-state index in [1.54, 1.807) is 11.3 Å². The predicted octanol–water partition coefficient (Wildman–Crippen LogP) is 2.14. The lowest BCUT2D eigenvalue weighted by atomic mass is 10.2. The molecule has 1 fully saturated rings. The molecule has 1 aromatic rings. The highest BCUT2D eigenvalue weighted by atomic mass is 32.1. The molecule has 4 heteroatoms. The van der Waals surface area contributed by atoms with Crippen LogP contribution >= 0.6 is 11.3 Å². The number of nitrogens with one attached hydrogen (secondary N) is 2. The first-order chi connectivity index (χ1) is 7.24. The molecule has 1 aromatic heterocycles. The second-order valence-electron chi connectivity index (χ2n) is 4.08. The van der Waals surface area contributed by atoms with Gasteiger partial charge >= 0.3 is 6.03 Å². The zero-order valence-electron chi connectivity index (χ0n) is 8.82. The van der Waals surface area contributed by atoms with Crippen LogP contribution in [0.2, 0.25) is 0 Å². The lowest BCUT2D eigenvalue weighted by Gasteiger charge is -2.13. The van der Waals surface area contributed by atoms with E-state index >= 15 is 0 Å². The third kappa shape index (κ3) is 3.55. The number of hydrogen-bond acceptors (Lipinski definition) is 2. The van der Waals surface area contributed by atoms with E-state index in [0.29, 0.717) is 6.04 Å². The summed E-state index contributed by atoms with van der Waals surface area (Å²) < 4.78 is 0. The summed E-state index contributed by atoms with van der Waals surface area (Å²) in [5.41, 5.74) is 0. The third-order valence-corrected chi connectivity index (χ3v) is 3.28. The van der Waals surface area contributed by atoms with Crippen LogP contribution in [-0.2, 0) is 6.42 Å². The summed E-state index contributed by atoms with van der Waals surface area (Å²) in [6.45, 7) is 2.03. The monoisotopic (exact) mass is 224 g/mol. The molecule has 82 valence electrons. The van der Waals surface area contributed by atoms with Crippen molar-refractivity contribution in [3.63, 3.8) is 0 Å². The van der Waals surface area contributed by atoms with Crippen LogP contribution in [0, 0.1) is 0 Å². The first-order valence-corrected chi connectivity index (χ1v) is 6.21. The molecule has 1 atom stereocenters. The van der Waals surface area contributed by atoms with E-state index in [9.17, 15) is 4.79 Å². The predicted molar refractivity (Wildman–Crippen MR) is 62.2 cm³/mol. The molecule has 3 nitrogen and oxygen atoms in total. The van der Waals surface area contributed by atoms with Crippen LogP contribution in [0.1, 0.15) is 24.6 Å². The van der Waals surface area contributed by atoms with E-state index in [4.69, 9.17) is 0 Å². The molecule has 0 aromatic carbocycles. The highest BCUT2D eigenvalue weighted by molar-refractivity contribution is 7.09. The summed E-state index contributed by atoms with van der Waals surface area (Å²) in [6.07, 6.45) is 3.18. The van der Waals surface area contributed by atoms with Gasteiger partial charge in [0.15, 0.2) is 0 Å². The van der Waals surface area contributed by atoms with Gasteiger partial charge in [-0.15, -0.1) is 11.3 Å². The molecule has 1 unspecified atom stereocenters. The molecular weight excluding hydrogens is 208 g/mol. The van der Waals surface area contributed by atoms with Crippen LogP contribution in [0.25, 0.3) is 0 Å². The summed E-state index contributed by atoms with van der Waals surface area (Å²) in [4.78, 5) is 12.7. The van der Waals surface area contributed by atoms with Gasteiger partial charge < -0.3 is 10.6 Å². The largest absolute Gasteiger partial charge is 0.335 e. The second kappa shape index (κ2) is 4.66. The molecule has 2 amide bonds. The highest BCUT2D eigenvalue weighted by Crippen LogP contribution is 2.18. The maximum atomic E-state index is 11.4. The Labute approximate surface area is 93.9 Å². The number of amides is 2. The van der Waals surface area contributed by atoms with Crippen LogP contribution in [-0.4, -0.2) is 18.1 Å². The molecular formula is C11H16N2OS. The molecule has 15 heavy (non-hydrogen) atoms. The van der Waals surface area contributed by atoms with E-state index < -0.39 is 0 Å². The minimum atomic E-state index is -0.0263. The molecule has 2 rings (SSSR count). The molecule has 0 saturated heterocycles. The Balaban J connectivity index is 1.71. The van der Waals surface area contributed by atoms with Gasteiger partial charge in [0, 0.05) is 23.4 Å². The molecule has 1 heterocycles. The van der Waals surface area contributed by atoms with Crippen molar-refractivity contribution >= 4 is 17.4 Å². The van der Waals surface area contributed by atoms with Crippen molar-refractivity contribution in [2.24, 2.45) is 0 Å². The molecule has 0 aliphatic heterocycles. The standard InChI is InChI=1S/C11H16N2OS/c1-8(7-10-3-2-6-15-10)12-11(14)13-9-4-5-9/h2-3,6,8-9H,4-5,7H2,1H3,(H2,12,13,14). The maximum absolute atomic E-state index is 11.4.